The number of nitrogens with one attached hydrogen (secondary N) is 1. The van der Waals surface area contributed by atoms with Gasteiger partial charge in [0.1, 0.15) is 0 Å². The van der Waals surface area contributed by atoms with E-state index in [-0.39, 0.29) is 12.5 Å². The molecular formula is C36H69NO3. The molecule has 0 radical (unpaired) electrons. The summed E-state index contributed by atoms with van der Waals surface area (Å²) in [6.45, 7) is 4.22. The highest BCUT2D eigenvalue weighted by molar-refractivity contribution is 5.76. The van der Waals surface area contributed by atoms with Crippen LogP contribution in [0, 0.1) is 0 Å². The molecular weight excluding hydrogens is 494 g/mol. The Morgan fingerprint density at radius 2 is 0.975 bits per heavy atom. The highest BCUT2D eigenvalue weighted by atomic mass is 16.3. The van der Waals surface area contributed by atoms with E-state index in [9.17, 15) is 15.0 Å². The Balaban J connectivity index is 3.52. The molecule has 0 fully saturated rings. The van der Waals surface area contributed by atoms with Crippen LogP contribution in [0.3, 0.4) is 0 Å². The van der Waals surface area contributed by atoms with Gasteiger partial charge in [-0.15, -0.1) is 0 Å². The highest BCUT2D eigenvalue weighted by Crippen LogP contribution is 2.15. The first-order valence-corrected chi connectivity index (χ1v) is 17.6. The standard InChI is InChI=1S/C36H69NO3/c1-3-5-7-9-11-13-14-15-16-17-18-19-20-21-22-23-24-26-28-30-32-36(40)37-34(33-38)35(39)31-29-27-25-12-10-8-6-4-2/h10,12,29,31,34-35,38-39H,3-9,11,13-28,30,32-33H2,1-2H3,(H,37,40). The lowest BCUT2D eigenvalue weighted by atomic mass is 10.0. The largest absolute Gasteiger partial charge is 0.394 e. The number of aliphatic hydroxyl groups is 2. The Kier molecular flexibility index (Phi) is 31.5. The molecule has 0 saturated heterocycles. The number of hydrogen-bond acceptors (Lipinski definition) is 3. The van der Waals surface area contributed by atoms with E-state index >= 15 is 0 Å². The van der Waals surface area contributed by atoms with E-state index in [4.69, 9.17) is 0 Å². The molecule has 0 aromatic rings. The summed E-state index contributed by atoms with van der Waals surface area (Å²) in [5.74, 6) is -0.0761. The van der Waals surface area contributed by atoms with Crippen LogP contribution in [-0.2, 0) is 4.79 Å². The molecule has 4 heteroatoms. The maximum atomic E-state index is 12.2. The molecule has 0 aliphatic rings. The monoisotopic (exact) mass is 564 g/mol. The summed E-state index contributed by atoms with van der Waals surface area (Å²) >= 11 is 0. The van der Waals surface area contributed by atoms with Gasteiger partial charge in [0.05, 0.1) is 18.8 Å². The molecule has 0 heterocycles. The van der Waals surface area contributed by atoms with Gasteiger partial charge in [-0.2, -0.15) is 0 Å². The van der Waals surface area contributed by atoms with Crippen molar-refractivity contribution in [2.24, 2.45) is 0 Å². The fraction of sp³-hybridized carbons (Fsp3) is 0.861. The lowest BCUT2D eigenvalue weighted by Crippen LogP contribution is -2.45. The minimum Gasteiger partial charge on any atom is -0.394 e. The number of amides is 1. The Morgan fingerprint density at radius 1 is 0.575 bits per heavy atom. The molecule has 1 amide bonds. The highest BCUT2D eigenvalue weighted by Gasteiger charge is 2.17. The molecule has 40 heavy (non-hydrogen) atoms. The zero-order valence-electron chi connectivity index (χ0n) is 26.9. The van der Waals surface area contributed by atoms with Crippen LogP contribution in [0.2, 0.25) is 0 Å². The van der Waals surface area contributed by atoms with Crippen LogP contribution in [0.25, 0.3) is 0 Å². The van der Waals surface area contributed by atoms with E-state index in [1.807, 2.05) is 6.08 Å². The van der Waals surface area contributed by atoms with E-state index < -0.39 is 12.1 Å². The van der Waals surface area contributed by atoms with Gasteiger partial charge in [-0.3, -0.25) is 4.79 Å². The number of rotatable bonds is 31. The van der Waals surface area contributed by atoms with Gasteiger partial charge >= 0.3 is 0 Å². The third kappa shape index (κ3) is 28.4. The van der Waals surface area contributed by atoms with Gasteiger partial charge in [0.15, 0.2) is 0 Å². The Bertz CT molecular complexity index is 574. The first-order chi connectivity index (χ1) is 19.7. The quantitative estimate of drug-likeness (QED) is 0.0580. The van der Waals surface area contributed by atoms with Crippen LogP contribution >= 0.6 is 0 Å². The smallest absolute Gasteiger partial charge is 0.220 e. The minimum atomic E-state index is -0.854. The third-order valence-corrected chi connectivity index (χ3v) is 7.94. The van der Waals surface area contributed by atoms with Crippen molar-refractivity contribution in [1.82, 2.24) is 5.32 Å². The van der Waals surface area contributed by atoms with Gasteiger partial charge in [-0.1, -0.05) is 173 Å². The molecule has 0 aliphatic heterocycles. The molecule has 0 saturated carbocycles. The first kappa shape index (κ1) is 38.9. The topological polar surface area (TPSA) is 69.6 Å². The van der Waals surface area contributed by atoms with Crippen LogP contribution in [-0.4, -0.2) is 34.9 Å². The number of unbranched alkanes of at least 4 members (excludes halogenated alkanes) is 22. The molecule has 2 unspecified atom stereocenters. The number of carbonyl (C=O) groups excluding carboxylic acids is 1. The number of aliphatic hydroxyl groups excluding tert-OH is 2. The average molecular weight is 564 g/mol. The SMILES string of the molecule is CCCCC=CCCC=CC(O)C(CO)NC(=O)CCCCCCCCCCCCCCCCCCCCCC. The lowest BCUT2D eigenvalue weighted by molar-refractivity contribution is -0.123. The minimum absolute atomic E-state index is 0.0761. The van der Waals surface area contributed by atoms with E-state index in [1.54, 1.807) is 6.08 Å². The zero-order chi connectivity index (χ0) is 29.4. The Morgan fingerprint density at radius 3 is 1.43 bits per heavy atom. The molecule has 4 nitrogen and oxygen atoms in total. The van der Waals surface area contributed by atoms with E-state index in [2.05, 4.69) is 31.3 Å². The van der Waals surface area contributed by atoms with Crippen LogP contribution in [0.1, 0.15) is 181 Å². The van der Waals surface area contributed by atoms with Crippen LogP contribution in [0.4, 0.5) is 0 Å². The van der Waals surface area contributed by atoms with Crippen molar-refractivity contribution in [3.8, 4) is 0 Å². The van der Waals surface area contributed by atoms with Crippen LogP contribution < -0.4 is 5.32 Å². The van der Waals surface area contributed by atoms with Crippen molar-refractivity contribution in [3.63, 3.8) is 0 Å². The first-order valence-electron chi connectivity index (χ1n) is 17.6. The second-order valence-corrected chi connectivity index (χ2v) is 11.9. The summed E-state index contributed by atoms with van der Waals surface area (Å²) in [5, 5.41) is 22.7. The predicted octanol–water partition coefficient (Wildman–Crippen LogP) is 10.1. The van der Waals surface area contributed by atoms with Crippen molar-refractivity contribution >= 4 is 5.91 Å². The normalized spacial score (nSPS) is 13.4. The van der Waals surface area contributed by atoms with Crippen LogP contribution in [0.15, 0.2) is 24.3 Å². The van der Waals surface area contributed by atoms with Gasteiger partial charge in [0, 0.05) is 6.42 Å². The fourth-order valence-electron chi connectivity index (χ4n) is 5.18. The van der Waals surface area contributed by atoms with E-state index in [0.717, 1.165) is 32.1 Å². The van der Waals surface area contributed by atoms with Crippen molar-refractivity contribution in [3.05, 3.63) is 24.3 Å². The maximum absolute atomic E-state index is 12.2. The van der Waals surface area contributed by atoms with Crippen molar-refractivity contribution in [2.45, 2.75) is 193 Å². The van der Waals surface area contributed by atoms with Gasteiger partial charge in [-0.05, 0) is 25.7 Å². The summed E-state index contributed by atoms with van der Waals surface area (Å²) in [7, 11) is 0. The lowest BCUT2D eigenvalue weighted by Gasteiger charge is -2.19. The Hall–Kier alpha value is -1.13. The zero-order valence-corrected chi connectivity index (χ0v) is 26.9. The molecule has 0 rings (SSSR count). The summed E-state index contributed by atoms with van der Waals surface area (Å²) in [5.41, 5.74) is 0. The molecule has 0 aromatic heterocycles. The molecule has 0 aromatic carbocycles. The van der Waals surface area contributed by atoms with Gasteiger partial charge in [0.2, 0.25) is 5.91 Å². The van der Waals surface area contributed by atoms with Crippen molar-refractivity contribution in [2.75, 3.05) is 6.61 Å². The number of hydrogen-bond donors (Lipinski definition) is 3. The molecule has 0 bridgehead atoms. The molecule has 3 N–H and O–H groups in total. The van der Waals surface area contributed by atoms with Crippen molar-refractivity contribution < 1.29 is 15.0 Å². The summed E-state index contributed by atoms with van der Waals surface area (Å²) in [4.78, 5) is 12.2. The fourth-order valence-corrected chi connectivity index (χ4v) is 5.18. The summed E-state index contributed by atoms with van der Waals surface area (Å²) in [6.07, 6.45) is 39.9. The van der Waals surface area contributed by atoms with Crippen molar-refractivity contribution in [1.29, 1.82) is 0 Å². The molecule has 0 aliphatic carbocycles. The van der Waals surface area contributed by atoms with Gasteiger partial charge < -0.3 is 15.5 Å². The number of allylic oxidation sites excluding steroid dienone is 3. The molecule has 2 atom stereocenters. The van der Waals surface area contributed by atoms with E-state index in [1.165, 1.54) is 128 Å². The summed E-state index contributed by atoms with van der Waals surface area (Å²) in [6, 6.07) is -0.631. The maximum Gasteiger partial charge on any atom is 0.220 e. The number of carbonyl (C=O) groups is 1. The second-order valence-electron chi connectivity index (χ2n) is 11.9. The summed E-state index contributed by atoms with van der Waals surface area (Å²) < 4.78 is 0. The van der Waals surface area contributed by atoms with E-state index in [0.29, 0.717) is 6.42 Å². The van der Waals surface area contributed by atoms with Gasteiger partial charge in [-0.25, -0.2) is 0 Å². The average Bonchev–Trinajstić information content (AvgIpc) is 2.96. The third-order valence-electron chi connectivity index (χ3n) is 7.94. The molecule has 0 spiro atoms. The van der Waals surface area contributed by atoms with Gasteiger partial charge in [0.25, 0.3) is 0 Å². The predicted molar refractivity (Wildman–Crippen MR) is 175 cm³/mol. The second kappa shape index (κ2) is 32.4. The molecule has 236 valence electrons. The Labute approximate surface area is 249 Å². The van der Waals surface area contributed by atoms with Crippen LogP contribution in [0.5, 0.6) is 0 Å².